The number of hydrogen-bond acceptors (Lipinski definition) is 2. The molecule has 37 heavy (non-hydrogen) atoms. The monoisotopic (exact) mass is 512 g/mol. The summed E-state index contributed by atoms with van der Waals surface area (Å²) in [5, 5.41) is 0. The molecule has 0 unspecified atom stereocenters. The summed E-state index contributed by atoms with van der Waals surface area (Å²) < 4.78 is 69.7. The van der Waals surface area contributed by atoms with Gasteiger partial charge in [-0.1, -0.05) is 42.0 Å². The van der Waals surface area contributed by atoms with Gasteiger partial charge in [-0.25, -0.2) is 8.78 Å². The van der Waals surface area contributed by atoms with Crippen LogP contribution in [0, 0.1) is 36.1 Å². The third-order valence-electron chi connectivity index (χ3n) is 7.06. The first-order chi connectivity index (χ1) is 17.9. The molecule has 0 heterocycles. The standard InChI is InChI=1S/C31H32F4O2/c1-3-4-5-18-36-26-16-14-25(28(32)30(26)34)23-12-8-21(9-13-23)19-37-27-17-15-24(29(33)31(27)35)22-10-6-20(2)7-11-22/h3,6-7,10-11,14-17,21,23H,1,4-5,8-9,12-13,18-19H2,2H3. The highest BCUT2D eigenvalue weighted by atomic mass is 19.2. The van der Waals surface area contributed by atoms with Crippen molar-refractivity contribution in [2.75, 3.05) is 13.2 Å². The number of halogens is 4. The van der Waals surface area contributed by atoms with E-state index < -0.39 is 23.3 Å². The van der Waals surface area contributed by atoms with Gasteiger partial charge in [0.15, 0.2) is 23.1 Å². The molecule has 0 radical (unpaired) electrons. The first kappa shape index (κ1) is 26.8. The maximum atomic E-state index is 14.8. The Balaban J connectivity index is 1.32. The average molecular weight is 513 g/mol. The van der Waals surface area contributed by atoms with Crippen molar-refractivity contribution < 1.29 is 27.0 Å². The smallest absolute Gasteiger partial charge is 0.201 e. The van der Waals surface area contributed by atoms with Crippen LogP contribution in [0.5, 0.6) is 11.5 Å². The Morgan fingerprint density at radius 2 is 1.43 bits per heavy atom. The zero-order valence-corrected chi connectivity index (χ0v) is 21.0. The largest absolute Gasteiger partial charge is 0.490 e. The number of aryl methyl sites for hydroxylation is 1. The summed E-state index contributed by atoms with van der Waals surface area (Å²) in [6, 6.07) is 13.3. The molecule has 3 aromatic rings. The van der Waals surface area contributed by atoms with Crippen LogP contribution in [0.15, 0.2) is 61.2 Å². The van der Waals surface area contributed by atoms with Crippen molar-refractivity contribution in [3.63, 3.8) is 0 Å². The molecule has 0 bridgehead atoms. The fraction of sp³-hybridized carbons (Fsp3) is 0.355. The predicted octanol–water partition coefficient (Wildman–Crippen LogP) is 8.92. The van der Waals surface area contributed by atoms with Gasteiger partial charge < -0.3 is 9.47 Å². The first-order valence-corrected chi connectivity index (χ1v) is 12.8. The number of unbranched alkanes of at least 4 members (excludes halogenated alkanes) is 1. The summed E-state index contributed by atoms with van der Waals surface area (Å²) in [6.45, 7) is 6.09. The summed E-state index contributed by atoms with van der Waals surface area (Å²) in [5.74, 6) is -3.92. The van der Waals surface area contributed by atoms with E-state index in [-0.39, 0.29) is 35.5 Å². The molecular formula is C31H32F4O2. The predicted molar refractivity (Wildman–Crippen MR) is 138 cm³/mol. The molecule has 6 heteroatoms. The molecule has 3 aromatic carbocycles. The van der Waals surface area contributed by atoms with E-state index in [1.54, 1.807) is 24.3 Å². The van der Waals surface area contributed by atoms with Crippen LogP contribution in [-0.2, 0) is 0 Å². The fourth-order valence-electron chi connectivity index (χ4n) is 4.83. The van der Waals surface area contributed by atoms with E-state index in [1.807, 2.05) is 19.1 Å². The zero-order valence-electron chi connectivity index (χ0n) is 21.0. The Kier molecular flexibility index (Phi) is 8.91. The van der Waals surface area contributed by atoms with Crippen LogP contribution in [0.2, 0.25) is 0 Å². The van der Waals surface area contributed by atoms with Crippen molar-refractivity contribution in [3.8, 4) is 22.6 Å². The minimum absolute atomic E-state index is 0.0740. The molecule has 196 valence electrons. The quantitative estimate of drug-likeness (QED) is 0.153. The van der Waals surface area contributed by atoms with Crippen molar-refractivity contribution in [2.45, 2.75) is 51.4 Å². The summed E-state index contributed by atoms with van der Waals surface area (Å²) in [6.07, 6.45) is 5.94. The van der Waals surface area contributed by atoms with Crippen LogP contribution in [0.25, 0.3) is 11.1 Å². The van der Waals surface area contributed by atoms with Gasteiger partial charge in [-0.05, 0) is 86.6 Å². The van der Waals surface area contributed by atoms with Crippen molar-refractivity contribution in [1.29, 1.82) is 0 Å². The molecule has 1 saturated carbocycles. The minimum atomic E-state index is -1.00. The maximum absolute atomic E-state index is 14.8. The van der Waals surface area contributed by atoms with Gasteiger partial charge in [-0.15, -0.1) is 6.58 Å². The second kappa shape index (κ2) is 12.3. The van der Waals surface area contributed by atoms with E-state index in [0.717, 1.165) is 24.8 Å². The van der Waals surface area contributed by atoms with Gasteiger partial charge in [0.25, 0.3) is 0 Å². The Labute approximate surface area is 215 Å². The molecule has 0 atom stereocenters. The van der Waals surface area contributed by atoms with Gasteiger partial charge in [0.1, 0.15) is 0 Å². The fourth-order valence-corrected chi connectivity index (χ4v) is 4.83. The van der Waals surface area contributed by atoms with Gasteiger partial charge in [0, 0.05) is 5.56 Å². The van der Waals surface area contributed by atoms with Crippen LogP contribution < -0.4 is 9.47 Å². The van der Waals surface area contributed by atoms with E-state index in [4.69, 9.17) is 9.47 Å². The zero-order chi connectivity index (χ0) is 26.4. The van der Waals surface area contributed by atoms with E-state index in [0.29, 0.717) is 37.0 Å². The van der Waals surface area contributed by atoms with Crippen molar-refractivity contribution in [3.05, 3.63) is 95.6 Å². The molecule has 0 aliphatic heterocycles. The lowest BCUT2D eigenvalue weighted by Gasteiger charge is -2.29. The van der Waals surface area contributed by atoms with Gasteiger partial charge in [-0.3, -0.25) is 0 Å². The van der Waals surface area contributed by atoms with Gasteiger partial charge >= 0.3 is 0 Å². The normalized spacial score (nSPS) is 17.4. The number of allylic oxidation sites excluding steroid dienone is 1. The number of rotatable bonds is 10. The molecule has 0 amide bonds. The molecule has 0 saturated heterocycles. The van der Waals surface area contributed by atoms with E-state index >= 15 is 0 Å². The van der Waals surface area contributed by atoms with E-state index in [1.165, 1.54) is 18.2 Å². The van der Waals surface area contributed by atoms with Crippen LogP contribution >= 0.6 is 0 Å². The Hall–Kier alpha value is -3.28. The summed E-state index contributed by atoms with van der Waals surface area (Å²) in [5.41, 5.74) is 2.18. The molecule has 0 aromatic heterocycles. The molecule has 2 nitrogen and oxygen atoms in total. The Morgan fingerprint density at radius 1 is 0.784 bits per heavy atom. The van der Waals surface area contributed by atoms with E-state index in [2.05, 4.69) is 6.58 Å². The Bertz CT molecular complexity index is 1210. The molecular weight excluding hydrogens is 480 g/mol. The highest BCUT2D eigenvalue weighted by Gasteiger charge is 2.27. The third kappa shape index (κ3) is 6.35. The molecule has 1 aliphatic carbocycles. The summed E-state index contributed by atoms with van der Waals surface area (Å²) in [4.78, 5) is 0. The first-order valence-electron chi connectivity index (χ1n) is 12.8. The second-order valence-corrected chi connectivity index (χ2v) is 9.69. The van der Waals surface area contributed by atoms with Crippen LogP contribution in [0.4, 0.5) is 17.6 Å². The van der Waals surface area contributed by atoms with Crippen LogP contribution in [-0.4, -0.2) is 13.2 Å². The number of ether oxygens (including phenoxy) is 2. The summed E-state index contributed by atoms with van der Waals surface area (Å²) in [7, 11) is 0. The summed E-state index contributed by atoms with van der Waals surface area (Å²) >= 11 is 0. The van der Waals surface area contributed by atoms with Crippen molar-refractivity contribution in [1.82, 2.24) is 0 Å². The lowest BCUT2D eigenvalue weighted by molar-refractivity contribution is 0.191. The molecule has 4 rings (SSSR count). The highest BCUT2D eigenvalue weighted by molar-refractivity contribution is 5.65. The lowest BCUT2D eigenvalue weighted by atomic mass is 9.79. The van der Waals surface area contributed by atoms with Crippen molar-refractivity contribution >= 4 is 0 Å². The molecule has 1 aliphatic rings. The SMILES string of the molecule is C=CCCCOc1ccc(C2CCC(COc3ccc(-c4ccc(C)cc4)c(F)c3F)CC2)c(F)c1F. The number of benzene rings is 3. The second-order valence-electron chi connectivity index (χ2n) is 9.69. The van der Waals surface area contributed by atoms with Crippen LogP contribution in [0.1, 0.15) is 55.6 Å². The van der Waals surface area contributed by atoms with Gasteiger partial charge in [0.2, 0.25) is 11.6 Å². The lowest BCUT2D eigenvalue weighted by Crippen LogP contribution is -2.20. The maximum Gasteiger partial charge on any atom is 0.201 e. The molecule has 0 spiro atoms. The van der Waals surface area contributed by atoms with Gasteiger partial charge in [0.05, 0.1) is 13.2 Å². The van der Waals surface area contributed by atoms with E-state index in [9.17, 15) is 17.6 Å². The topological polar surface area (TPSA) is 18.5 Å². The van der Waals surface area contributed by atoms with Crippen molar-refractivity contribution in [2.24, 2.45) is 5.92 Å². The third-order valence-corrected chi connectivity index (χ3v) is 7.06. The average Bonchev–Trinajstić information content (AvgIpc) is 2.91. The number of hydrogen-bond donors (Lipinski definition) is 0. The highest BCUT2D eigenvalue weighted by Crippen LogP contribution is 2.39. The Morgan fingerprint density at radius 3 is 2.14 bits per heavy atom. The van der Waals surface area contributed by atoms with Crippen LogP contribution in [0.3, 0.4) is 0 Å². The molecule has 1 fully saturated rings. The minimum Gasteiger partial charge on any atom is -0.490 e. The molecule has 0 N–H and O–H groups in total. The van der Waals surface area contributed by atoms with Gasteiger partial charge in [-0.2, -0.15) is 8.78 Å².